The van der Waals surface area contributed by atoms with Crippen LogP contribution in [0, 0.1) is 5.92 Å². The summed E-state index contributed by atoms with van der Waals surface area (Å²) < 4.78 is 38.8. The van der Waals surface area contributed by atoms with E-state index in [-0.39, 0.29) is 0 Å². The van der Waals surface area contributed by atoms with E-state index < -0.39 is 211 Å². The number of hydrogen-bond acceptors (Lipinski definition) is 26. The number of fused-ring (bicyclic) bond motifs is 3. The molecular weight excluding hydrogens is 924 g/mol. The first-order valence-corrected chi connectivity index (χ1v) is 19.2. The fourth-order valence-corrected chi connectivity index (χ4v) is 8.04. The Hall–Kier alpha value is -9.11. The van der Waals surface area contributed by atoms with Crippen molar-refractivity contribution < 1.29 is 133 Å². The average molecular weight is 955 g/mol. The lowest BCUT2D eigenvalue weighted by molar-refractivity contribution is -0.287. The molecule has 8 atom stereocenters. The van der Waals surface area contributed by atoms with Gasteiger partial charge in [0.1, 0.15) is 12.7 Å². The minimum absolute atomic E-state index is 0.361. The zero-order valence-corrected chi connectivity index (χ0v) is 33.4. The first kappa shape index (κ1) is 45.5. The van der Waals surface area contributed by atoms with Gasteiger partial charge < -0.3 is 99.5 Å². The van der Waals surface area contributed by atoms with Gasteiger partial charge in [-0.25, -0.2) is 24.0 Å². The molecule has 0 unspecified atom stereocenters. The molecule has 4 aliphatic rings. The number of aliphatic hydroxyl groups is 1. The number of carboxylic acids is 1. The highest BCUT2D eigenvalue weighted by Gasteiger charge is 2.58. The lowest BCUT2D eigenvalue weighted by atomic mass is 9.76. The maximum absolute atomic E-state index is 14.6. The molecule has 27 heteroatoms. The number of carboxylic acid groups (broad SMARTS) is 1. The summed E-state index contributed by atoms with van der Waals surface area (Å²) in [6.45, 7) is -1.31. The summed E-state index contributed by atoms with van der Waals surface area (Å²) in [7, 11) is 0. The molecule has 356 valence electrons. The van der Waals surface area contributed by atoms with Crippen molar-refractivity contribution in [1.29, 1.82) is 0 Å². The van der Waals surface area contributed by atoms with Gasteiger partial charge in [-0.3, -0.25) is 9.59 Å². The van der Waals surface area contributed by atoms with Crippen LogP contribution < -0.4 is 4.74 Å². The standard InChI is InChI=1S/C41H30O27/c42-13-1-8(2-14(43)24(13)49)35(56)68-41-34-33-31(64-39(60)12(6-19(47)48)22-23-11(38(59)67-34)5-17(46)27(52)32(23)65-40(61)30(22)55)18(63-41)7-62-36(57)9-3-15(44)25(50)28(53)20(9)21-10(37(58)66-33)4-16(45)26(51)29(21)54/h1-5,12,18,22,30-31,33-34,41-46,49-55H,6-7H2,(H,47,48)/t12-,18+,22-,30-,31-,33+,34+,41+/m0/s1. The van der Waals surface area contributed by atoms with Crippen LogP contribution in [0.25, 0.3) is 11.1 Å². The Kier molecular flexibility index (Phi) is 11.0. The van der Waals surface area contributed by atoms with E-state index in [1.807, 2.05) is 0 Å². The Morgan fingerprint density at radius 3 is 1.69 bits per heavy atom. The third-order valence-electron chi connectivity index (χ3n) is 11.2. The van der Waals surface area contributed by atoms with Crippen LogP contribution in [0.1, 0.15) is 59.3 Å². The van der Waals surface area contributed by atoms with E-state index >= 15 is 0 Å². The van der Waals surface area contributed by atoms with Gasteiger partial charge in [-0.05, 0) is 30.3 Å². The molecule has 1 saturated heterocycles. The number of aromatic hydroxyl groups is 11. The molecule has 0 saturated carbocycles. The van der Waals surface area contributed by atoms with Crippen LogP contribution in [-0.4, -0.2) is 152 Å². The van der Waals surface area contributed by atoms with Crippen molar-refractivity contribution in [3.05, 3.63) is 58.1 Å². The Morgan fingerprint density at radius 1 is 0.588 bits per heavy atom. The molecule has 27 nitrogen and oxygen atoms in total. The number of carbonyl (C=O) groups is 7. The Balaban J connectivity index is 1.39. The van der Waals surface area contributed by atoms with Gasteiger partial charge in [0.15, 0.2) is 70.1 Å². The fourth-order valence-electron chi connectivity index (χ4n) is 8.04. The van der Waals surface area contributed by atoms with Gasteiger partial charge in [0.05, 0.1) is 34.6 Å². The van der Waals surface area contributed by atoms with Crippen LogP contribution >= 0.6 is 0 Å². The van der Waals surface area contributed by atoms with Crippen LogP contribution in [0.2, 0.25) is 0 Å². The van der Waals surface area contributed by atoms with E-state index in [0.717, 1.165) is 0 Å². The summed E-state index contributed by atoms with van der Waals surface area (Å²) in [4.78, 5) is 96.8. The SMILES string of the molecule is O=C(O)C[C@@H]1C(=O)O[C@@H]2[C@H]3OC(=O)c4cc(O)c(O)c(O)c4-c4c(cc(O)c(O)c4O)C(=O)OC[C@H]2O[C@H](OC(=O)c2cc(O)c(O)c(O)c2)[C@@H]3OC(=O)c2cc(O)c(O)c3c2[C@H]1[C@H](O)C(=O)O3. The Bertz CT molecular complexity index is 2900. The number of aliphatic carboxylic acids is 1. The molecule has 68 heavy (non-hydrogen) atoms. The van der Waals surface area contributed by atoms with Crippen LogP contribution in [0.4, 0.5) is 0 Å². The third-order valence-corrected chi connectivity index (χ3v) is 11.2. The first-order chi connectivity index (χ1) is 32.0. The first-order valence-electron chi connectivity index (χ1n) is 19.2. The highest BCUT2D eigenvalue weighted by Crippen LogP contribution is 2.54. The summed E-state index contributed by atoms with van der Waals surface area (Å²) in [6, 6.07) is 2.36. The molecule has 0 radical (unpaired) electrons. The summed E-state index contributed by atoms with van der Waals surface area (Å²) in [6.07, 6.45) is -16.3. The van der Waals surface area contributed by atoms with Crippen LogP contribution in [0.3, 0.4) is 0 Å². The summed E-state index contributed by atoms with van der Waals surface area (Å²) in [5.74, 6) is -32.0. The molecule has 0 spiro atoms. The molecule has 4 aromatic carbocycles. The normalized spacial score (nSPS) is 24.3. The minimum Gasteiger partial charge on any atom is -0.504 e. The highest BCUT2D eigenvalue weighted by atomic mass is 16.7. The molecule has 4 aliphatic heterocycles. The number of ether oxygens (including phenoxy) is 7. The Labute approximate surface area is 374 Å². The quantitative estimate of drug-likeness (QED) is 0.0554. The van der Waals surface area contributed by atoms with E-state index in [9.17, 15) is 99.9 Å². The molecule has 8 rings (SSSR count). The van der Waals surface area contributed by atoms with Gasteiger partial charge in [-0.15, -0.1) is 0 Å². The van der Waals surface area contributed by atoms with E-state index in [4.69, 9.17) is 33.2 Å². The lowest BCUT2D eigenvalue weighted by Gasteiger charge is -2.44. The zero-order valence-electron chi connectivity index (χ0n) is 33.4. The van der Waals surface area contributed by atoms with Gasteiger partial charge in [0.25, 0.3) is 0 Å². The number of benzene rings is 4. The van der Waals surface area contributed by atoms with Gasteiger partial charge in [0.2, 0.25) is 29.6 Å². The topological polar surface area (TPSA) is 447 Å². The summed E-state index contributed by atoms with van der Waals surface area (Å²) in [5, 5.41) is 137. The number of phenolic OH excluding ortho intramolecular Hbond substituents is 11. The van der Waals surface area contributed by atoms with Crippen LogP contribution in [-0.2, 0) is 42.8 Å². The van der Waals surface area contributed by atoms with Crippen molar-refractivity contribution in [3.63, 3.8) is 0 Å². The molecule has 4 aromatic rings. The van der Waals surface area contributed by atoms with E-state index in [1.165, 1.54) is 0 Å². The minimum atomic E-state index is -2.58. The number of carbonyl (C=O) groups excluding carboxylic acids is 6. The second-order valence-corrected chi connectivity index (χ2v) is 15.2. The molecular formula is C41H30O27. The second-order valence-electron chi connectivity index (χ2n) is 15.2. The summed E-state index contributed by atoms with van der Waals surface area (Å²) >= 11 is 0. The number of phenols is 11. The maximum Gasteiger partial charge on any atom is 0.341 e. The van der Waals surface area contributed by atoms with Gasteiger partial charge in [-0.1, -0.05) is 0 Å². The predicted molar refractivity (Wildman–Crippen MR) is 206 cm³/mol. The molecule has 1 fully saturated rings. The van der Waals surface area contributed by atoms with E-state index in [1.54, 1.807) is 0 Å². The number of aliphatic hydroxyl groups excluding tert-OH is 1. The Morgan fingerprint density at radius 2 is 1.10 bits per heavy atom. The number of esters is 6. The van der Waals surface area contributed by atoms with Crippen molar-refractivity contribution in [2.24, 2.45) is 5.92 Å². The van der Waals surface area contributed by atoms with Crippen molar-refractivity contribution in [2.75, 3.05) is 6.61 Å². The zero-order chi connectivity index (χ0) is 49.5. The van der Waals surface area contributed by atoms with Crippen LogP contribution in [0.15, 0.2) is 30.3 Å². The smallest absolute Gasteiger partial charge is 0.341 e. The van der Waals surface area contributed by atoms with Gasteiger partial charge >= 0.3 is 41.8 Å². The molecule has 0 aromatic heterocycles. The molecule has 0 aliphatic carbocycles. The van der Waals surface area contributed by atoms with Crippen molar-refractivity contribution in [3.8, 4) is 80.1 Å². The third kappa shape index (κ3) is 7.31. The monoisotopic (exact) mass is 954 g/mol. The number of hydrogen-bond donors (Lipinski definition) is 13. The maximum atomic E-state index is 14.6. The van der Waals surface area contributed by atoms with Crippen molar-refractivity contribution in [2.45, 2.75) is 49.1 Å². The average Bonchev–Trinajstić information content (AvgIpc) is 3.28. The van der Waals surface area contributed by atoms with E-state index in [0.29, 0.717) is 30.3 Å². The molecule has 13 N–H and O–H groups in total. The second kappa shape index (κ2) is 16.4. The fraction of sp³-hybridized carbons (Fsp3) is 0.244. The number of cyclic esters (lactones) is 1. The van der Waals surface area contributed by atoms with Crippen molar-refractivity contribution in [1.82, 2.24) is 0 Å². The summed E-state index contributed by atoms with van der Waals surface area (Å²) in [5.41, 5.74) is -7.08. The predicted octanol–water partition coefficient (Wildman–Crippen LogP) is -0.00170. The van der Waals surface area contributed by atoms with Crippen LogP contribution in [0.5, 0.6) is 69.0 Å². The molecule has 4 heterocycles. The number of rotatable bonds is 4. The van der Waals surface area contributed by atoms with Gasteiger partial charge in [-0.2, -0.15) is 0 Å². The highest BCUT2D eigenvalue weighted by molar-refractivity contribution is 6.08. The molecule has 4 bridgehead atoms. The lowest BCUT2D eigenvalue weighted by Crippen LogP contribution is -2.63. The van der Waals surface area contributed by atoms with Gasteiger partial charge in [0, 0.05) is 22.6 Å². The van der Waals surface area contributed by atoms with Crippen molar-refractivity contribution >= 4 is 41.8 Å². The molecule has 0 amide bonds. The largest absolute Gasteiger partial charge is 0.504 e. The van der Waals surface area contributed by atoms with E-state index in [2.05, 4.69) is 0 Å².